The van der Waals surface area contributed by atoms with Gasteiger partial charge in [-0.2, -0.15) is 0 Å². The summed E-state index contributed by atoms with van der Waals surface area (Å²) in [4.78, 5) is 0. The summed E-state index contributed by atoms with van der Waals surface area (Å²) >= 11 is 3.40. The highest BCUT2D eigenvalue weighted by Crippen LogP contribution is 2.29. The zero-order valence-corrected chi connectivity index (χ0v) is 13.4. The lowest BCUT2D eigenvalue weighted by molar-refractivity contribution is 0.189. The van der Waals surface area contributed by atoms with Crippen molar-refractivity contribution in [3.8, 4) is 11.5 Å². The number of rotatable bonds is 5. The molecule has 0 aliphatic heterocycles. The normalized spacial score (nSPS) is 12.0. The Balaban J connectivity index is 2.22. The highest BCUT2D eigenvalue weighted by Gasteiger charge is 2.12. The molecular formula is C16H16BrFO3. The van der Waals surface area contributed by atoms with Crippen LogP contribution in [0.3, 0.4) is 0 Å². The number of methoxy groups -OCH3 is 1. The fourth-order valence-electron chi connectivity index (χ4n) is 1.99. The molecule has 0 bridgehead atoms. The molecular weight excluding hydrogens is 339 g/mol. The van der Waals surface area contributed by atoms with Crippen LogP contribution in [-0.4, -0.2) is 12.2 Å². The van der Waals surface area contributed by atoms with Crippen LogP contribution in [-0.2, 0) is 6.61 Å². The van der Waals surface area contributed by atoms with E-state index in [9.17, 15) is 9.50 Å². The molecule has 0 aliphatic carbocycles. The summed E-state index contributed by atoms with van der Waals surface area (Å²) in [6.07, 6.45) is -0.805. The maximum Gasteiger partial charge on any atom is 0.125 e. The van der Waals surface area contributed by atoms with Crippen molar-refractivity contribution >= 4 is 15.9 Å². The molecule has 0 aromatic heterocycles. The van der Waals surface area contributed by atoms with Crippen LogP contribution in [0.2, 0.25) is 0 Å². The Morgan fingerprint density at radius 1 is 1.19 bits per heavy atom. The molecule has 2 aromatic carbocycles. The first kappa shape index (κ1) is 15.8. The maximum atomic E-state index is 13.2. The highest BCUT2D eigenvalue weighted by molar-refractivity contribution is 9.10. The van der Waals surface area contributed by atoms with Gasteiger partial charge in [-0.05, 0) is 43.3 Å². The molecule has 2 aromatic rings. The second-order valence-corrected chi connectivity index (χ2v) is 5.52. The monoisotopic (exact) mass is 354 g/mol. The van der Waals surface area contributed by atoms with Gasteiger partial charge >= 0.3 is 0 Å². The zero-order chi connectivity index (χ0) is 15.4. The van der Waals surface area contributed by atoms with E-state index in [2.05, 4.69) is 15.9 Å². The van der Waals surface area contributed by atoms with Crippen LogP contribution in [0.25, 0.3) is 0 Å². The first-order valence-corrected chi connectivity index (χ1v) is 7.23. The van der Waals surface area contributed by atoms with Gasteiger partial charge in [0.2, 0.25) is 0 Å². The third-order valence-corrected chi connectivity index (χ3v) is 3.54. The van der Waals surface area contributed by atoms with Gasteiger partial charge in [0, 0.05) is 15.6 Å². The lowest BCUT2D eigenvalue weighted by atomic mass is 10.1. The van der Waals surface area contributed by atoms with Crippen LogP contribution in [0.15, 0.2) is 40.9 Å². The fraction of sp³-hybridized carbons (Fsp3) is 0.250. The summed E-state index contributed by atoms with van der Waals surface area (Å²) in [5.41, 5.74) is 1.27. The highest BCUT2D eigenvalue weighted by atomic mass is 79.9. The van der Waals surface area contributed by atoms with E-state index in [0.717, 1.165) is 10.0 Å². The van der Waals surface area contributed by atoms with Crippen molar-refractivity contribution in [1.29, 1.82) is 0 Å². The maximum absolute atomic E-state index is 13.2. The van der Waals surface area contributed by atoms with Crippen LogP contribution in [0.5, 0.6) is 11.5 Å². The molecule has 1 atom stereocenters. The van der Waals surface area contributed by atoms with Crippen LogP contribution < -0.4 is 9.47 Å². The van der Waals surface area contributed by atoms with E-state index in [1.165, 1.54) is 18.2 Å². The molecule has 0 saturated heterocycles. The van der Waals surface area contributed by atoms with Gasteiger partial charge in [0.15, 0.2) is 0 Å². The van der Waals surface area contributed by atoms with Gasteiger partial charge in [-0.1, -0.05) is 15.9 Å². The van der Waals surface area contributed by atoms with Crippen molar-refractivity contribution in [2.75, 3.05) is 7.11 Å². The Bertz CT molecular complexity index is 629. The summed E-state index contributed by atoms with van der Waals surface area (Å²) in [6.45, 7) is 1.83. The third kappa shape index (κ3) is 3.95. The molecule has 112 valence electrons. The fourth-order valence-corrected chi connectivity index (χ4v) is 2.40. The summed E-state index contributed by atoms with van der Waals surface area (Å²) in [5.74, 6) is 0.755. The first-order chi connectivity index (χ1) is 10.0. The van der Waals surface area contributed by atoms with E-state index in [4.69, 9.17) is 9.47 Å². The van der Waals surface area contributed by atoms with Gasteiger partial charge in [-0.25, -0.2) is 4.39 Å². The van der Waals surface area contributed by atoms with E-state index in [1.54, 1.807) is 14.0 Å². The number of aliphatic hydroxyl groups excluding tert-OH is 1. The third-order valence-electron chi connectivity index (χ3n) is 3.05. The summed E-state index contributed by atoms with van der Waals surface area (Å²) < 4.78 is 25.1. The van der Waals surface area contributed by atoms with Crippen molar-refractivity contribution < 1.29 is 19.0 Å². The van der Waals surface area contributed by atoms with Gasteiger partial charge < -0.3 is 14.6 Å². The number of halogens is 2. The largest absolute Gasteiger partial charge is 0.496 e. The van der Waals surface area contributed by atoms with Crippen LogP contribution in [0.1, 0.15) is 24.2 Å². The number of hydrogen-bond donors (Lipinski definition) is 1. The quantitative estimate of drug-likeness (QED) is 0.873. The number of aliphatic hydroxyl groups is 1. The van der Waals surface area contributed by atoms with Crippen LogP contribution in [0, 0.1) is 5.82 Å². The Kier molecular flexibility index (Phi) is 5.20. The Morgan fingerprint density at radius 2 is 1.90 bits per heavy atom. The predicted molar refractivity (Wildman–Crippen MR) is 82.1 cm³/mol. The smallest absolute Gasteiger partial charge is 0.125 e. The van der Waals surface area contributed by atoms with Gasteiger partial charge in [0.25, 0.3) is 0 Å². The summed E-state index contributed by atoms with van der Waals surface area (Å²) in [7, 11) is 1.59. The van der Waals surface area contributed by atoms with E-state index >= 15 is 0 Å². The second-order valence-electron chi connectivity index (χ2n) is 4.60. The van der Waals surface area contributed by atoms with Crippen molar-refractivity contribution in [3.05, 3.63) is 57.8 Å². The average molecular weight is 355 g/mol. The van der Waals surface area contributed by atoms with Crippen molar-refractivity contribution in [1.82, 2.24) is 0 Å². The summed E-state index contributed by atoms with van der Waals surface area (Å²) in [6, 6.07) is 9.70. The van der Waals surface area contributed by atoms with E-state index < -0.39 is 11.9 Å². The Hall–Kier alpha value is -1.59. The van der Waals surface area contributed by atoms with Gasteiger partial charge in [-0.3, -0.25) is 0 Å². The zero-order valence-electron chi connectivity index (χ0n) is 11.8. The standard InChI is InChI=1S/C16H16BrFO3/c1-10(19)14-8-13(18)4-6-16(14)21-9-11-7-12(17)3-5-15(11)20-2/h3-8,10,19H,9H2,1-2H3. The Morgan fingerprint density at radius 3 is 2.57 bits per heavy atom. The molecule has 0 heterocycles. The average Bonchev–Trinajstić information content (AvgIpc) is 2.46. The molecule has 21 heavy (non-hydrogen) atoms. The molecule has 5 heteroatoms. The van der Waals surface area contributed by atoms with Crippen LogP contribution in [0.4, 0.5) is 4.39 Å². The lowest BCUT2D eigenvalue weighted by Crippen LogP contribution is -2.03. The molecule has 0 aliphatic rings. The molecule has 0 spiro atoms. The molecule has 2 rings (SSSR count). The molecule has 1 N–H and O–H groups in total. The molecule has 3 nitrogen and oxygen atoms in total. The Labute approximate surface area is 131 Å². The van der Waals surface area contributed by atoms with E-state index in [1.807, 2.05) is 18.2 Å². The minimum atomic E-state index is -0.805. The molecule has 0 fully saturated rings. The molecule has 0 radical (unpaired) electrons. The minimum absolute atomic E-state index is 0.258. The summed E-state index contributed by atoms with van der Waals surface area (Å²) in [5, 5.41) is 9.69. The SMILES string of the molecule is COc1ccc(Br)cc1COc1ccc(F)cc1C(C)O. The molecule has 0 amide bonds. The van der Waals surface area contributed by atoms with Gasteiger partial charge in [0.05, 0.1) is 13.2 Å². The minimum Gasteiger partial charge on any atom is -0.496 e. The van der Waals surface area contributed by atoms with Crippen LogP contribution >= 0.6 is 15.9 Å². The number of ether oxygens (including phenoxy) is 2. The predicted octanol–water partition coefficient (Wildman–Crippen LogP) is 4.23. The number of hydrogen-bond acceptors (Lipinski definition) is 3. The number of benzene rings is 2. The topological polar surface area (TPSA) is 38.7 Å². The first-order valence-electron chi connectivity index (χ1n) is 6.44. The second kappa shape index (κ2) is 6.91. The van der Waals surface area contributed by atoms with Crippen molar-refractivity contribution in [2.24, 2.45) is 0 Å². The van der Waals surface area contributed by atoms with Gasteiger partial charge in [0.1, 0.15) is 23.9 Å². The van der Waals surface area contributed by atoms with Gasteiger partial charge in [-0.15, -0.1) is 0 Å². The molecule has 0 saturated carbocycles. The molecule has 1 unspecified atom stereocenters. The van der Waals surface area contributed by atoms with Crippen molar-refractivity contribution in [2.45, 2.75) is 19.6 Å². The van der Waals surface area contributed by atoms with E-state index in [0.29, 0.717) is 17.1 Å². The van der Waals surface area contributed by atoms with E-state index in [-0.39, 0.29) is 6.61 Å². The lowest BCUT2D eigenvalue weighted by Gasteiger charge is -2.15. The van der Waals surface area contributed by atoms with Crippen molar-refractivity contribution in [3.63, 3.8) is 0 Å².